The predicted molar refractivity (Wildman–Crippen MR) is 64.2 cm³/mol. The fourth-order valence-corrected chi connectivity index (χ4v) is 1.69. The Morgan fingerprint density at radius 1 is 1.50 bits per heavy atom. The van der Waals surface area contributed by atoms with E-state index < -0.39 is 0 Å². The van der Waals surface area contributed by atoms with Gasteiger partial charge in [0, 0.05) is 13.1 Å². The molecule has 0 bridgehead atoms. The average Bonchev–Trinajstić information content (AvgIpc) is 2.61. The lowest BCUT2D eigenvalue weighted by molar-refractivity contribution is 0.513. The van der Waals surface area contributed by atoms with Crippen LogP contribution in [0.2, 0.25) is 0 Å². The van der Waals surface area contributed by atoms with Crippen molar-refractivity contribution in [2.75, 3.05) is 6.54 Å². The maximum atomic E-state index is 11.5. The predicted octanol–water partition coefficient (Wildman–Crippen LogP) is 1.59. The molecule has 4 nitrogen and oxygen atoms in total. The number of nitrogens with two attached hydrogens (primary N) is 1. The molecule has 0 aliphatic heterocycles. The van der Waals surface area contributed by atoms with E-state index in [0.717, 1.165) is 11.1 Å². The van der Waals surface area contributed by atoms with Crippen LogP contribution in [0.1, 0.15) is 12.5 Å². The summed E-state index contributed by atoms with van der Waals surface area (Å²) < 4.78 is 6.71. The largest absolute Gasteiger partial charge is 0.419 e. The molecule has 1 aromatic heterocycles. The molecule has 0 amide bonds. The SMILES string of the molecule is CCn1c(=O)oc2ccc(/C=C/CN)cc21. The van der Waals surface area contributed by atoms with Crippen molar-refractivity contribution in [1.29, 1.82) is 0 Å². The van der Waals surface area contributed by atoms with Crippen molar-refractivity contribution >= 4 is 17.2 Å². The molecule has 1 heterocycles. The average molecular weight is 218 g/mol. The van der Waals surface area contributed by atoms with Crippen LogP contribution in [-0.2, 0) is 6.54 Å². The molecular weight excluding hydrogens is 204 g/mol. The molecule has 0 aliphatic rings. The van der Waals surface area contributed by atoms with E-state index in [1.54, 1.807) is 10.6 Å². The van der Waals surface area contributed by atoms with Crippen molar-refractivity contribution < 1.29 is 4.42 Å². The first-order valence-electron chi connectivity index (χ1n) is 5.26. The van der Waals surface area contributed by atoms with Gasteiger partial charge in [-0.2, -0.15) is 0 Å². The number of nitrogens with zero attached hydrogens (tertiary/aromatic N) is 1. The number of aryl methyl sites for hydroxylation is 1. The highest BCUT2D eigenvalue weighted by Crippen LogP contribution is 2.15. The summed E-state index contributed by atoms with van der Waals surface area (Å²) in [5.41, 5.74) is 7.85. The molecule has 1 aromatic carbocycles. The molecule has 84 valence electrons. The normalized spacial score (nSPS) is 11.6. The summed E-state index contributed by atoms with van der Waals surface area (Å²) in [5, 5.41) is 0. The van der Waals surface area contributed by atoms with Crippen molar-refractivity contribution in [3.63, 3.8) is 0 Å². The van der Waals surface area contributed by atoms with E-state index in [0.29, 0.717) is 18.7 Å². The van der Waals surface area contributed by atoms with Crippen LogP contribution in [0.25, 0.3) is 17.2 Å². The molecular formula is C12H14N2O2. The monoisotopic (exact) mass is 218 g/mol. The number of aromatic nitrogens is 1. The van der Waals surface area contributed by atoms with Gasteiger partial charge in [0.2, 0.25) is 0 Å². The van der Waals surface area contributed by atoms with Gasteiger partial charge in [0.25, 0.3) is 0 Å². The lowest BCUT2D eigenvalue weighted by atomic mass is 10.2. The lowest BCUT2D eigenvalue weighted by Gasteiger charge is -1.97. The maximum Gasteiger partial charge on any atom is 0.419 e. The molecule has 2 N–H and O–H groups in total. The van der Waals surface area contributed by atoms with Crippen LogP contribution in [0.15, 0.2) is 33.5 Å². The molecule has 0 radical (unpaired) electrons. The number of hydrogen-bond acceptors (Lipinski definition) is 3. The van der Waals surface area contributed by atoms with Crippen LogP contribution in [-0.4, -0.2) is 11.1 Å². The second-order valence-corrected chi connectivity index (χ2v) is 3.48. The molecule has 0 spiro atoms. The third-order valence-corrected chi connectivity index (χ3v) is 2.45. The van der Waals surface area contributed by atoms with Gasteiger partial charge in [0.1, 0.15) is 0 Å². The molecule has 0 aliphatic carbocycles. The highest BCUT2D eigenvalue weighted by Gasteiger charge is 2.06. The van der Waals surface area contributed by atoms with Gasteiger partial charge >= 0.3 is 5.76 Å². The molecule has 16 heavy (non-hydrogen) atoms. The molecule has 0 fully saturated rings. The van der Waals surface area contributed by atoms with Crippen LogP contribution >= 0.6 is 0 Å². The van der Waals surface area contributed by atoms with Crippen LogP contribution in [0.5, 0.6) is 0 Å². The number of fused-ring (bicyclic) bond motifs is 1. The van der Waals surface area contributed by atoms with Crippen molar-refractivity contribution in [3.05, 3.63) is 40.4 Å². The zero-order valence-electron chi connectivity index (χ0n) is 9.14. The molecule has 2 rings (SSSR count). The van der Waals surface area contributed by atoms with Gasteiger partial charge in [-0.25, -0.2) is 4.79 Å². The fourth-order valence-electron chi connectivity index (χ4n) is 1.69. The quantitative estimate of drug-likeness (QED) is 0.850. The van der Waals surface area contributed by atoms with Gasteiger partial charge in [-0.05, 0) is 24.6 Å². The van der Waals surface area contributed by atoms with Crippen molar-refractivity contribution in [2.24, 2.45) is 5.73 Å². The number of rotatable bonds is 3. The van der Waals surface area contributed by atoms with E-state index in [1.165, 1.54) is 0 Å². The van der Waals surface area contributed by atoms with Gasteiger partial charge in [-0.1, -0.05) is 18.2 Å². The van der Waals surface area contributed by atoms with E-state index in [1.807, 2.05) is 31.2 Å². The van der Waals surface area contributed by atoms with E-state index in [4.69, 9.17) is 10.2 Å². The molecule has 2 aromatic rings. The third kappa shape index (κ3) is 1.79. The minimum absolute atomic E-state index is 0.308. The molecule has 0 saturated heterocycles. The van der Waals surface area contributed by atoms with Gasteiger partial charge < -0.3 is 10.2 Å². The first kappa shape index (κ1) is 10.7. The summed E-state index contributed by atoms with van der Waals surface area (Å²) in [4.78, 5) is 11.5. The first-order chi connectivity index (χ1) is 7.76. The molecule has 0 saturated carbocycles. The minimum Gasteiger partial charge on any atom is -0.408 e. The Labute approximate surface area is 93.0 Å². The Balaban J connectivity index is 2.59. The minimum atomic E-state index is -0.308. The summed E-state index contributed by atoms with van der Waals surface area (Å²) in [6, 6.07) is 5.63. The van der Waals surface area contributed by atoms with Gasteiger partial charge in [0.15, 0.2) is 5.58 Å². The van der Waals surface area contributed by atoms with Crippen LogP contribution in [0, 0.1) is 0 Å². The van der Waals surface area contributed by atoms with Crippen LogP contribution in [0.4, 0.5) is 0 Å². The summed E-state index contributed by atoms with van der Waals surface area (Å²) in [5.74, 6) is -0.308. The van der Waals surface area contributed by atoms with Crippen molar-refractivity contribution in [3.8, 4) is 0 Å². The van der Waals surface area contributed by atoms with E-state index in [9.17, 15) is 4.79 Å². The molecule has 4 heteroatoms. The van der Waals surface area contributed by atoms with Gasteiger partial charge in [-0.15, -0.1) is 0 Å². The third-order valence-electron chi connectivity index (χ3n) is 2.45. The van der Waals surface area contributed by atoms with E-state index in [2.05, 4.69) is 0 Å². The van der Waals surface area contributed by atoms with Gasteiger partial charge in [0.05, 0.1) is 5.52 Å². The Bertz CT molecular complexity index is 578. The first-order valence-corrected chi connectivity index (χ1v) is 5.26. The summed E-state index contributed by atoms with van der Waals surface area (Å²) in [6.07, 6.45) is 3.80. The topological polar surface area (TPSA) is 61.2 Å². The van der Waals surface area contributed by atoms with E-state index in [-0.39, 0.29) is 5.76 Å². The van der Waals surface area contributed by atoms with E-state index >= 15 is 0 Å². The fraction of sp³-hybridized carbons (Fsp3) is 0.250. The number of benzene rings is 1. The zero-order chi connectivity index (χ0) is 11.5. The maximum absolute atomic E-state index is 11.5. The van der Waals surface area contributed by atoms with Crippen molar-refractivity contribution in [2.45, 2.75) is 13.5 Å². The Morgan fingerprint density at radius 2 is 2.31 bits per heavy atom. The molecule has 0 unspecified atom stereocenters. The second kappa shape index (κ2) is 4.37. The summed E-state index contributed by atoms with van der Waals surface area (Å²) in [7, 11) is 0. The van der Waals surface area contributed by atoms with Gasteiger partial charge in [-0.3, -0.25) is 4.57 Å². The Hall–Kier alpha value is -1.81. The summed E-state index contributed by atoms with van der Waals surface area (Å²) in [6.45, 7) is 3.03. The van der Waals surface area contributed by atoms with Crippen LogP contribution < -0.4 is 11.5 Å². The number of hydrogen-bond donors (Lipinski definition) is 1. The summed E-state index contributed by atoms with van der Waals surface area (Å²) >= 11 is 0. The lowest BCUT2D eigenvalue weighted by Crippen LogP contribution is -2.11. The highest BCUT2D eigenvalue weighted by molar-refractivity contribution is 5.76. The number of oxazole rings is 1. The van der Waals surface area contributed by atoms with Crippen molar-refractivity contribution in [1.82, 2.24) is 4.57 Å². The standard InChI is InChI=1S/C12H14N2O2/c1-2-14-10-8-9(4-3-7-13)5-6-11(10)16-12(14)15/h3-6,8H,2,7,13H2,1H3/b4-3+. The smallest absolute Gasteiger partial charge is 0.408 e. The van der Waals surface area contributed by atoms with Crippen LogP contribution in [0.3, 0.4) is 0 Å². The molecule has 0 atom stereocenters. The Morgan fingerprint density at radius 3 is 3.00 bits per heavy atom. The highest BCUT2D eigenvalue weighted by atomic mass is 16.4. The second-order valence-electron chi connectivity index (χ2n) is 3.48. The Kier molecular flexibility index (Phi) is 2.92. The zero-order valence-corrected chi connectivity index (χ0v) is 9.14.